The summed E-state index contributed by atoms with van der Waals surface area (Å²) in [4.78, 5) is 55.9. The van der Waals surface area contributed by atoms with E-state index in [9.17, 15) is 24.3 Å². The number of allylic oxidation sites excluding steroid dienone is 1. The molecule has 2 aromatic rings. The molecule has 1 aliphatic carbocycles. The van der Waals surface area contributed by atoms with Gasteiger partial charge in [0.05, 0.1) is 13.2 Å². The maximum Gasteiger partial charge on any atom is 0.408 e. The van der Waals surface area contributed by atoms with Gasteiger partial charge in [-0.05, 0) is 58.6 Å². The number of aromatic nitrogens is 3. The monoisotopic (exact) mass is 596 g/mol. The summed E-state index contributed by atoms with van der Waals surface area (Å²) < 4.78 is 10.7. The molecular formula is C30H40N6O7. The van der Waals surface area contributed by atoms with E-state index in [1.54, 1.807) is 46.1 Å². The number of aliphatic carboxylic acids is 1. The predicted molar refractivity (Wildman–Crippen MR) is 155 cm³/mol. The molecule has 3 heterocycles. The van der Waals surface area contributed by atoms with Gasteiger partial charge in [-0.15, -0.1) is 0 Å². The lowest BCUT2D eigenvalue weighted by Crippen LogP contribution is -2.56. The molecule has 232 valence electrons. The fraction of sp³-hybridized carbons (Fsp3) is 0.600. The SMILES string of the molecule is COc1ccc2nn([C@H]3C[C@H]4C(=O)N[C@@]5(C(=O)O)C[C@H]5/C=C\CCCCC[C@H](NC(=O)OC(C)(C)C)C(=O)N4C3)nc2c1. The lowest BCUT2D eigenvalue weighted by Gasteiger charge is -2.30. The minimum Gasteiger partial charge on any atom is -0.497 e. The minimum absolute atomic E-state index is 0.102. The molecule has 1 saturated carbocycles. The van der Waals surface area contributed by atoms with Crippen LogP contribution in [0.15, 0.2) is 30.4 Å². The number of methoxy groups -OCH3 is 1. The molecule has 1 aromatic heterocycles. The third kappa shape index (κ3) is 6.60. The number of nitrogens with zero attached hydrogens (tertiary/aromatic N) is 4. The van der Waals surface area contributed by atoms with Crippen LogP contribution in [0.25, 0.3) is 11.0 Å². The van der Waals surface area contributed by atoms with Crippen molar-refractivity contribution >= 4 is 34.9 Å². The first kappa shape index (κ1) is 30.3. The average Bonchev–Trinajstić information content (AvgIpc) is 3.27. The molecule has 3 amide bonds. The Morgan fingerprint density at radius 1 is 1.14 bits per heavy atom. The van der Waals surface area contributed by atoms with Gasteiger partial charge in [0.1, 0.15) is 40.0 Å². The van der Waals surface area contributed by atoms with E-state index in [1.807, 2.05) is 12.2 Å². The van der Waals surface area contributed by atoms with Crippen molar-refractivity contribution in [3.05, 3.63) is 30.4 Å². The quantitative estimate of drug-likeness (QED) is 0.450. The number of benzene rings is 1. The van der Waals surface area contributed by atoms with E-state index in [1.165, 1.54) is 9.70 Å². The summed E-state index contributed by atoms with van der Waals surface area (Å²) >= 11 is 0. The highest BCUT2D eigenvalue weighted by Crippen LogP contribution is 2.45. The fourth-order valence-corrected chi connectivity index (χ4v) is 5.90. The second-order valence-corrected chi connectivity index (χ2v) is 12.6. The summed E-state index contributed by atoms with van der Waals surface area (Å²) in [6, 6.07) is 2.92. The number of alkyl carbamates (subject to hydrolysis) is 1. The number of carbonyl (C=O) groups is 4. The zero-order valence-electron chi connectivity index (χ0n) is 25.0. The van der Waals surface area contributed by atoms with Gasteiger partial charge in [0.2, 0.25) is 11.8 Å². The summed E-state index contributed by atoms with van der Waals surface area (Å²) in [5, 5.41) is 24.7. The van der Waals surface area contributed by atoms with Crippen LogP contribution in [0.3, 0.4) is 0 Å². The molecule has 0 radical (unpaired) electrons. The van der Waals surface area contributed by atoms with Crippen molar-refractivity contribution in [2.24, 2.45) is 5.92 Å². The smallest absolute Gasteiger partial charge is 0.408 e. The molecule has 43 heavy (non-hydrogen) atoms. The highest BCUT2D eigenvalue weighted by atomic mass is 16.6. The van der Waals surface area contributed by atoms with Crippen LogP contribution in [-0.2, 0) is 19.1 Å². The second kappa shape index (κ2) is 11.8. The normalized spacial score (nSPS) is 29.0. The molecule has 13 heteroatoms. The van der Waals surface area contributed by atoms with E-state index in [2.05, 4.69) is 20.8 Å². The van der Waals surface area contributed by atoms with Crippen molar-refractivity contribution in [1.29, 1.82) is 0 Å². The van der Waals surface area contributed by atoms with Gasteiger partial charge >= 0.3 is 12.1 Å². The number of hydrogen-bond acceptors (Lipinski definition) is 8. The largest absolute Gasteiger partial charge is 0.497 e. The number of fused-ring (bicyclic) bond motifs is 3. The van der Waals surface area contributed by atoms with Gasteiger partial charge in [-0.2, -0.15) is 15.0 Å². The zero-order chi connectivity index (χ0) is 30.9. The lowest BCUT2D eigenvalue weighted by molar-refractivity contribution is -0.145. The van der Waals surface area contributed by atoms with Gasteiger partial charge < -0.3 is 30.1 Å². The van der Waals surface area contributed by atoms with Gasteiger partial charge in [0.15, 0.2) is 0 Å². The number of amides is 3. The van der Waals surface area contributed by atoms with Gasteiger partial charge in [0, 0.05) is 24.9 Å². The number of carbonyl (C=O) groups excluding carboxylic acids is 3. The van der Waals surface area contributed by atoms with E-state index in [4.69, 9.17) is 9.47 Å². The molecule has 5 atom stereocenters. The molecule has 2 aliphatic heterocycles. The fourth-order valence-electron chi connectivity index (χ4n) is 5.90. The molecule has 3 aliphatic rings. The van der Waals surface area contributed by atoms with Crippen molar-refractivity contribution in [1.82, 2.24) is 30.5 Å². The first-order valence-corrected chi connectivity index (χ1v) is 14.8. The van der Waals surface area contributed by atoms with E-state index in [0.29, 0.717) is 29.6 Å². The Balaban J connectivity index is 1.46. The number of rotatable bonds is 4. The van der Waals surface area contributed by atoms with Crippen molar-refractivity contribution in [3.8, 4) is 5.75 Å². The topological polar surface area (TPSA) is 165 Å². The van der Waals surface area contributed by atoms with Crippen molar-refractivity contribution in [2.75, 3.05) is 13.7 Å². The van der Waals surface area contributed by atoms with Crippen molar-refractivity contribution in [3.63, 3.8) is 0 Å². The molecule has 3 N–H and O–H groups in total. The standard InChI is InChI=1S/C30H40N6O7/c1-29(2,3)43-28(41)31-22-11-9-7-5-6-8-10-18-16-30(18,27(39)40)32-25(37)24-14-19(17-35(24)26(22)38)36-33-21-13-12-20(42-4)15-23(21)34-36/h8,10,12-13,15,18-19,22,24H,5-7,9,11,14,16-17H2,1-4H3,(H,31,41)(H,32,37)(H,39,40)/b10-8-/t18-,19+,22+,24+,30+/m1/s1. The van der Waals surface area contributed by atoms with Crippen LogP contribution in [0.5, 0.6) is 5.75 Å². The first-order valence-electron chi connectivity index (χ1n) is 14.8. The van der Waals surface area contributed by atoms with Gasteiger partial charge in [-0.25, -0.2) is 9.59 Å². The Labute approximate surface area is 249 Å². The molecule has 0 bridgehead atoms. The summed E-state index contributed by atoms with van der Waals surface area (Å²) in [6.45, 7) is 5.32. The first-order chi connectivity index (χ1) is 20.4. The van der Waals surface area contributed by atoms with E-state index >= 15 is 0 Å². The summed E-state index contributed by atoms with van der Waals surface area (Å²) in [6.07, 6.45) is 7.02. The van der Waals surface area contributed by atoms with Crippen molar-refractivity contribution in [2.45, 2.75) is 95.0 Å². The van der Waals surface area contributed by atoms with E-state index < -0.39 is 53.1 Å². The number of carboxylic acids is 1. The van der Waals surface area contributed by atoms with Gasteiger partial charge in [-0.3, -0.25) is 9.59 Å². The van der Waals surface area contributed by atoms with E-state index in [0.717, 1.165) is 19.3 Å². The van der Waals surface area contributed by atoms with Gasteiger partial charge in [-0.1, -0.05) is 25.0 Å². The van der Waals surface area contributed by atoms with Crippen LogP contribution in [0.4, 0.5) is 4.79 Å². The summed E-state index contributed by atoms with van der Waals surface area (Å²) in [7, 11) is 1.56. The molecule has 0 spiro atoms. The van der Waals surface area contributed by atoms with Crippen LogP contribution in [0, 0.1) is 5.92 Å². The van der Waals surface area contributed by atoms with Crippen molar-refractivity contribution < 1.29 is 33.8 Å². The van der Waals surface area contributed by atoms with Crippen LogP contribution < -0.4 is 15.4 Å². The number of ether oxygens (including phenoxy) is 2. The highest BCUT2D eigenvalue weighted by molar-refractivity contribution is 5.96. The highest BCUT2D eigenvalue weighted by Gasteiger charge is 2.61. The summed E-state index contributed by atoms with van der Waals surface area (Å²) in [5.74, 6) is -1.80. The molecule has 13 nitrogen and oxygen atoms in total. The van der Waals surface area contributed by atoms with E-state index in [-0.39, 0.29) is 25.3 Å². The molecule has 1 aromatic carbocycles. The van der Waals surface area contributed by atoms with Crippen LogP contribution in [-0.4, -0.2) is 85.8 Å². The Bertz CT molecular complexity index is 1430. The molecule has 0 unspecified atom stereocenters. The van der Waals surface area contributed by atoms with Gasteiger partial charge in [0.25, 0.3) is 0 Å². The molecule has 1 saturated heterocycles. The van der Waals surface area contributed by atoms with Crippen LogP contribution in [0.2, 0.25) is 0 Å². The second-order valence-electron chi connectivity index (χ2n) is 12.6. The third-order valence-corrected chi connectivity index (χ3v) is 8.26. The number of hydrogen-bond donors (Lipinski definition) is 3. The Morgan fingerprint density at radius 3 is 2.63 bits per heavy atom. The number of nitrogens with one attached hydrogen (secondary N) is 2. The molecule has 5 rings (SSSR count). The third-order valence-electron chi connectivity index (χ3n) is 8.26. The minimum atomic E-state index is -1.41. The Kier molecular flexibility index (Phi) is 8.35. The maximum atomic E-state index is 14.1. The Morgan fingerprint density at radius 2 is 1.91 bits per heavy atom. The van der Waals surface area contributed by atoms with Crippen LogP contribution >= 0.6 is 0 Å². The molecular weight excluding hydrogens is 556 g/mol. The zero-order valence-corrected chi connectivity index (χ0v) is 25.0. The molecule has 2 fully saturated rings. The maximum absolute atomic E-state index is 14.1. The Hall–Kier alpha value is -4.16. The summed E-state index contributed by atoms with van der Waals surface area (Å²) in [5.41, 5.74) is -0.948. The lowest BCUT2D eigenvalue weighted by atomic mass is 10.0. The van der Waals surface area contributed by atoms with Crippen LogP contribution in [0.1, 0.15) is 71.8 Å². The average molecular weight is 597 g/mol. The number of carboxylic acid groups (broad SMARTS) is 1. The predicted octanol–water partition coefficient (Wildman–Crippen LogP) is 2.96.